The van der Waals surface area contributed by atoms with Crippen LogP contribution in [0.5, 0.6) is 0 Å². The summed E-state index contributed by atoms with van der Waals surface area (Å²) in [6, 6.07) is 5.80. The summed E-state index contributed by atoms with van der Waals surface area (Å²) < 4.78 is 0. The Balaban J connectivity index is 1.88. The fourth-order valence-corrected chi connectivity index (χ4v) is 3.16. The fraction of sp³-hybridized carbons (Fsp3) is 0.316. The number of nitrogens with zero attached hydrogens (tertiary/aromatic N) is 3. The lowest BCUT2D eigenvalue weighted by atomic mass is 10.1. The molecule has 1 aliphatic heterocycles. The molecule has 2 aromatic heterocycles. The second-order valence-electron chi connectivity index (χ2n) is 6.17. The van der Waals surface area contributed by atoms with Crippen molar-refractivity contribution in [1.29, 1.82) is 0 Å². The molecule has 7 nitrogen and oxygen atoms in total. The minimum Gasteiger partial charge on any atom is -0.388 e. The van der Waals surface area contributed by atoms with Crippen molar-refractivity contribution in [3.63, 3.8) is 0 Å². The summed E-state index contributed by atoms with van der Waals surface area (Å²) in [7, 11) is 1.85. The van der Waals surface area contributed by atoms with Crippen LogP contribution in [-0.4, -0.2) is 53.5 Å². The van der Waals surface area contributed by atoms with Crippen molar-refractivity contribution < 1.29 is 4.79 Å². The topological polar surface area (TPSA) is 81.3 Å². The maximum atomic E-state index is 12.4. The van der Waals surface area contributed by atoms with Gasteiger partial charge < -0.3 is 20.1 Å². The van der Waals surface area contributed by atoms with Gasteiger partial charge in [-0.15, -0.1) is 0 Å². The first-order valence-corrected chi connectivity index (χ1v) is 8.62. The molecule has 3 heterocycles. The minimum atomic E-state index is -0.145. The molecule has 0 bridgehead atoms. The lowest BCUT2D eigenvalue weighted by Gasteiger charge is -2.45. The predicted molar refractivity (Wildman–Crippen MR) is 103 cm³/mol. The summed E-state index contributed by atoms with van der Waals surface area (Å²) in [6.45, 7) is 7.38. The van der Waals surface area contributed by atoms with Crippen LogP contribution >= 0.6 is 0 Å². The molecule has 0 aliphatic carbocycles. The Hall–Kier alpha value is -3.09. The van der Waals surface area contributed by atoms with Gasteiger partial charge in [0.2, 0.25) is 5.91 Å². The molecule has 136 valence electrons. The Kier molecular flexibility index (Phi) is 5.06. The monoisotopic (exact) mass is 353 g/mol. The number of H-pyrrole nitrogens is 1. The van der Waals surface area contributed by atoms with Crippen molar-refractivity contribution >= 4 is 17.3 Å². The van der Waals surface area contributed by atoms with Crippen LogP contribution in [0.3, 0.4) is 0 Å². The van der Waals surface area contributed by atoms with Crippen molar-refractivity contribution in [2.75, 3.05) is 36.9 Å². The van der Waals surface area contributed by atoms with Crippen LogP contribution in [0.25, 0.3) is 11.3 Å². The Labute approximate surface area is 152 Å². The number of carbonyl (C=O) groups excluding carboxylic acids is 1. The molecule has 1 saturated heterocycles. The zero-order chi connectivity index (χ0) is 18.7. The first-order valence-electron chi connectivity index (χ1n) is 8.62. The van der Waals surface area contributed by atoms with Gasteiger partial charge in [0.25, 0.3) is 5.56 Å². The first kappa shape index (κ1) is 17.7. The Morgan fingerprint density at radius 3 is 2.92 bits per heavy atom. The molecule has 0 aromatic carbocycles. The minimum absolute atomic E-state index is 0.0759. The smallest absolute Gasteiger partial charge is 0.271 e. The van der Waals surface area contributed by atoms with Crippen molar-refractivity contribution in [1.82, 2.24) is 14.9 Å². The van der Waals surface area contributed by atoms with E-state index in [-0.39, 0.29) is 17.5 Å². The molecular weight excluding hydrogens is 330 g/mol. The number of carbonyl (C=O) groups is 1. The van der Waals surface area contributed by atoms with Crippen molar-refractivity contribution in [3.8, 4) is 11.3 Å². The highest BCUT2D eigenvalue weighted by Crippen LogP contribution is 2.25. The zero-order valence-electron chi connectivity index (χ0n) is 15.0. The summed E-state index contributed by atoms with van der Waals surface area (Å²) in [6.07, 6.45) is 4.73. The third-order valence-electron chi connectivity index (χ3n) is 4.67. The summed E-state index contributed by atoms with van der Waals surface area (Å²) in [5, 5.41) is 3.09. The number of hydrogen-bond acceptors (Lipinski definition) is 5. The summed E-state index contributed by atoms with van der Waals surface area (Å²) >= 11 is 0. The molecule has 0 unspecified atom stereocenters. The van der Waals surface area contributed by atoms with E-state index in [0.717, 1.165) is 16.9 Å². The number of amides is 1. The van der Waals surface area contributed by atoms with Gasteiger partial charge in [0.15, 0.2) is 0 Å². The van der Waals surface area contributed by atoms with Crippen LogP contribution in [0.15, 0.2) is 48.0 Å². The predicted octanol–water partition coefficient (Wildman–Crippen LogP) is 1.70. The number of nitrogens with one attached hydrogen (secondary N) is 2. The molecule has 0 saturated carbocycles. The molecule has 0 atom stereocenters. The first-order chi connectivity index (χ1) is 12.6. The van der Waals surface area contributed by atoms with E-state index in [4.69, 9.17) is 0 Å². The molecule has 3 rings (SSSR count). The lowest BCUT2D eigenvalue weighted by molar-refractivity contribution is -0.130. The molecule has 26 heavy (non-hydrogen) atoms. The van der Waals surface area contributed by atoms with Gasteiger partial charge in [0.1, 0.15) is 5.69 Å². The van der Waals surface area contributed by atoms with E-state index in [9.17, 15) is 9.59 Å². The maximum Gasteiger partial charge on any atom is 0.271 e. The molecule has 2 N–H and O–H groups in total. The average molecular weight is 353 g/mol. The van der Waals surface area contributed by atoms with Gasteiger partial charge in [-0.25, -0.2) is 0 Å². The van der Waals surface area contributed by atoms with Crippen LogP contribution in [0.4, 0.5) is 11.4 Å². The lowest BCUT2D eigenvalue weighted by Crippen LogP contribution is -2.61. The largest absolute Gasteiger partial charge is 0.388 e. The Morgan fingerprint density at radius 1 is 1.50 bits per heavy atom. The van der Waals surface area contributed by atoms with Crippen LogP contribution in [0.1, 0.15) is 6.92 Å². The van der Waals surface area contributed by atoms with E-state index in [1.54, 1.807) is 17.3 Å². The number of pyridine rings is 2. The number of rotatable bonds is 6. The number of anilines is 2. The molecule has 0 spiro atoms. The van der Waals surface area contributed by atoms with Gasteiger partial charge in [-0.3, -0.25) is 14.6 Å². The second-order valence-corrected chi connectivity index (χ2v) is 6.17. The number of likely N-dealkylation sites (tertiary alicyclic amines) is 1. The van der Waals surface area contributed by atoms with Crippen molar-refractivity contribution in [2.24, 2.45) is 0 Å². The van der Waals surface area contributed by atoms with E-state index in [0.29, 0.717) is 25.3 Å². The third kappa shape index (κ3) is 3.33. The highest BCUT2D eigenvalue weighted by molar-refractivity contribution is 5.87. The quantitative estimate of drug-likeness (QED) is 0.773. The van der Waals surface area contributed by atoms with Crippen molar-refractivity contribution in [2.45, 2.75) is 13.0 Å². The van der Waals surface area contributed by atoms with Gasteiger partial charge in [0.05, 0.1) is 11.7 Å². The summed E-state index contributed by atoms with van der Waals surface area (Å²) in [4.78, 5) is 35.0. The van der Waals surface area contributed by atoms with E-state index < -0.39 is 0 Å². The van der Waals surface area contributed by atoms with Crippen LogP contribution in [0, 0.1) is 0 Å². The SMILES string of the molecule is C=CC(=O)N1CC(N(CC)c2cc(-c3cc(NC)ccn3)c[nH]c2=O)C1. The Morgan fingerprint density at radius 2 is 2.27 bits per heavy atom. The standard InChI is InChI=1S/C19H23N5O2/c1-4-18(25)23-11-15(12-23)24(5-2)17-8-13(10-22-19(17)26)16-9-14(20-3)6-7-21-16/h4,6-10,15H,1,5,11-12H2,2-3H3,(H,20,21)(H,22,26). The highest BCUT2D eigenvalue weighted by atomic mass is 16.2. The summed E-state index contributed by atoms with van der Waals surface area (Å²) in [5.74, 6) is -0.0759. The van der Waals surface area contributed by atoms with Crippen LogP contribution < -0.4 is 15.8 Å². The number of aromatic nitrogens is 2. The highest BCUT2D eigenvalue weighted by Gasteiger charge is 2.34. The zero-order valence-corrected chi connectivity index (χ0v) is 15.0. The maximum absolute atomic E-state index is 12.4. The average Bonchev–Trinajstić information content (AvgIpc) is 2.64. The molecule has 1 aliphatic rings. The van der Waals surface area contributed by atoms with E-state index >= 15 is 0 Å². The normalized spacial score (nSPS) is 13.8. The molecule has 0 radical (unpaired) electrons. The second kappa shape index (κ2) is 7.43. The van der Waals surface area contributed by atoms with E-state index in [1.165, 1.54) is 6.08 Å². The van der Waals surface area contributed by atoms with E-state index in [1.807, 2.05) is 37.1 Å². The summed E-state index contributed by atoms with van der Waals surface area (Å²) in [5.41, 5.74) is 3.02. The fourth-order valence-electron chi connectivity index (χ4n) is 3.16. The van der Waals surface area contributed by atoms with Gasteiger partial charge in [-0.05, 0) is 31.2 Å². The van der Waals surface area contributed by atoms with Gasteiger partial charge in [0, 0.05) is 50.3 Å². The van der Waals surface area contributed by atoms with Crippen molar-refractivity contribution in [3.05, 3.63) is 53.6 Å². The third-order valence-corrected chi connectivity index (χ3v) is 4.67. The number of likely N-dealkylation sites (N-methyl/N-ethyl adjacent to an activating group) is 1. The number of hydrogen-bond donors (Lipinski definition) is 2. The van der Waals surface area contributed by atoms with Crippen LogP contribution in [0.2, 0.25) is 0 Å². The molecule has 2 aromatic rings. The van der Waals surface area contributed by atoms with Crippen LogP contribution in [-0.2, 0) is 4.79 Å². The molecular formula is C19H23N5O2. The molecule has 1 fully saturated rings. The number of aromatic amines is 1. The Bertz CT molecular complexity index is 870. The molecule has 1 amide bonds. The van der Waals surface area contributed by atoms with Gasteiger partial charge >= 0.3 is 0 Å². The van der Waals surface area contributed by atoms with Gasteiger partial charge in [-0.2, -0.15) is 0 Å². The van der Waals surface area contributed by atoms with E-state index in [2.05, 4.69) is 21.9 Å². The van der Waals surface area contributed by atoms with Gasteiger partial charge in [-0.1, -0.05) is 6.58 Å². The molecule has 7 heteroatoms.